The van der Waals surface area contributed by atoms with E-state index in [1.54, 1.807) is 11.3 Å². The predicted octanol–water partition coefficient (Wildman–Crippen LogP) is 1.56. The molecule has 0 radical (unpaired) electrons. The predicted molar refractivity (Wildman–Crippen MR) is 86.8 cm³/mol. The molecule has 2 fully saturated rings. The monoisotopic (exact) mass is 332 g/mol. The molecule has 3 aliphatic heterocycles. The van der Waals surface area contributed by atoms with Gasteiger partial charge in [-0.15, -0.1) is 11.3 Å². The molecule has 1 spiro atoms. The Hall–Kier alpha value is -1.66. The summed E-state index contributed by atoms with van der Waals surface area (Å²) in [6, 6.07) is 4.02. The molecule has 2 unspecified atom stereocenters. The minimum Gasteiger partial charge on any atom is -0.360 e. The minimum atomic E-state index is -0.604. The average Bonchev–Trinajstić information content (AvgIpc) is 3.28. The quantitative estimate of drug-likeness (QED) is 0.833. The van der Waals surface area contributed by atoms with Gasteiger partial charge in [-0.2, -0.15) is 0 Å². The molecular formula is C17H20N2O3S. The molecule has 1 aromatic rings. The number of hydrogen-bond acceptors (Lipinski definition) is 4. The first kappa shape index (κ1) is 14.9. The summed E-state index contributed by atoms with van der Waals surface area (Å²) in [6.07, 6.45) is 4.57. The van der Waals surface area contributed by atoms with Crippen molar-refractivity contribution >= 4 is 23.2 Å². The lowest BCUT2D eigenvalue weighted by Crippen LogP contribution is -2.44. The molecule has 5 nitrogen and oxygen atoms in total. The van der Waals surface area contributed by atoms with Gasteiger partial charge in [0.2, 0.25) is 11.8 Å². The lowest BCUT2D eigenvalue weighted by Gasteiger charge is -2.23. The topological polar surface area (TPSA) is 58.6 Å². The number of nitrogens with zero attached hydrogens (tertiary/aromatic N) is 1. The van der Waals surface area contributed by atoms with E-state index in [0.717, 1.165) is 11.3 Å². The third kappa shape index (κ3) is 2.23. The summed E-state index contributed by atoms with van der Waals surface area (Å²) in [7, 11) is 0. The molecular weight excluding hydrogens is 312 g/mol. The maximum Gasteiger partial charge on any atom is 0.230 e. The van der Waals surface area contributed by atoms with E-state index in [1.165, 1.54) is 0 Å². The van der Waals surface area contributed by atoms with Crippen LogP contribution in [-0.4, -0.2) is 41.5 Å². The Balaban J connectivity index is 1.57. The van der Waals surface area contributed by atoms with Gasteiger partial charge in [-0.25, -0.2) is 0 Å². The van der Waals surface area contributed by atoms with E-state index >= 15 is 0 Å². The van der Waals surface area contributed by atoms with Crippen LogP contribution in [0.4, 0.5) is 0 Å². The number of carbonyl (C=O) groups is 2. The third-order valence-electron chi connectivity index (χ3n) is 4.96. The highest BCUT2D eigenvalue weighted by Crippen LogP contribution is 2.52. The van der Waals surface area contributed by atoms with Crippen molar-refractivity contribution in [1.82, 2.24) is 10.2 Å². The second-order valence-corrected chi connectivity index (χ2v) is 7.50. The molecule has 2 bridgehead atoms. The molecule has 2 saturated heterocycles. The van der Waals surface area contributed by atoms with Crippen LogP contribution in [-0.2, 0) is 20.9 Å². The Labute approximate surface area is 139 Å². The molecule has 3 aliphatic rings. The summed E-state index contributed by atoms with van der Waals surface area (Å²) >= 11 is 1.64. The molecule has 122 valence electrons. The Morgan fingerprint density at radius 2 is 2.43 bits per heavy atom. The molecule has 1 aromatic heterocycles. The van der Waals surface area contributed by atoms with Gasteiger partial charge in [-0.1, -0.05) is 25.1 Å². The van der Waals surface area contributed by atoms with Gasteiger partial charge >= 0.3 is 0 Å². The lowest BCUT2D eigenvalue weighted by atomic mass is 9.77. The Morgan fingerprint density at radius 1 is 1.57 bits per heavy atom. The summed E-state index contributed by atoms with van der Waals surface area (Å²) in [6.45, 7) is 3.79. The van der Waals surface area contributed by atoms with Crippen LogP contribution in [0.5, 0.6) is 0 Å². The van der Waals surface area contributed by atoms with E-state index in [-0.39, 0.29) is 23.8 Å². The normalized spacial score (nSPS) is 34.2. The fraction of sp³-hybridized carbons (Fsp3) is 0.529. The van der Waals surface area contributed by atoms with Gasteiger partial charge in [-0.3, -0.25) is 9.59 Å². The van der Waals surface area contributed by atoms with Crippen molar-refractivity contribution in [2.45, 2.75) is 31.6 Å². The Kier molecular flexibility index (Phi) is 3.54. The molecule has 6 heteroatoms. The average molecular weight is 332 g/mol. The molecule has 0 aliphatic carbocycles. The first-order valence-electron chi connectivity index (χ1n) is 8.11. The summed E-state index contributed by atoms with van der Waals surface area (Å²) < 4.78 is 6.09. The smallest absolute Gasteiger partial charge is 0.230 e. The van der Waals surface area contributed by atoms with Gasteiger partial charge in [0.05, 0.1) is 31.0 Å². The molecule has 1 N–H and O–H groups in total. The minimum absolute atomic E-state index is 0.0434. The molecule has 4 heterocycles. The highest BCUT2D eigenvalue weighted by Gasteiger charge is 2.66. The van der Waals surface area contributed by atoms with Crippen molar-refractivity contribution in [2.75, 3.05) is 13.1 Å². The SMILES string of the molecule is CCCNC(=O)C1[C@@H]2C=CC3(CN(Cc4cccs4)C(=O)[C@H]13)O2. The fourth-order valence-corrected chi connectivity index (χ4v) is 4.69. The van der Waals surface area contributed by atoms with Crippen molar-refractivity contribution in [3.8, 4) is 0 Å². The van der Waals surface area contributed by atoms with Gasteiger partial charge in [0.15, 0.2) is 0 Å². The van der Waals surface area contributed by atoms with E-state index < -0.39 is 11.5 Å². The van der Waals surface area contributed by atoms with E-state index in [2.05, 4.69) is 5.32 Å². The van der Waals surface area contributed by atoms with Crippen molar-refractivity contribution in [1.29, 1.82) is 0 Å². The second-order valence-electron chi connectivity index (χ2n) is 6.46. The zero-order chi connectivity index (χ0) is 16.0. The number of thiophene rings is 1. The van der Waals surface area contributed by atoms with E-state index in [1.807, 2.05) is 41.5 Å². The zero-order valence-corrected chi connectivity index (χ0v) is 13.8. The summed E-state index contributed by atoms with van der Waals surface area (Å²) in [5.74, 6) is -0.789. The summed E-state index contributed by atoms with van der Waals surface area (Å²) in [4.78, 5) is 28.4. The number of carbonyl (C=O) groups excluding carboxylic acids is 2. The van der Waals surface area contributed by atoms with E-state index in [0.29, 0.717) is 19.6 Å². The van der Waals surface area contributed by atoms with Crippen LogP contribution in [0.25, 0.3) is 0 Å². The van der Waals surface area contributed by atoms with Crippen molar-refractivity contribution in [3.63, 3.8) is 0 Å². The van der Waals surface area contributed by atoms with Crippen LogP contribution in [0.15, 0.2) is 29.7 Å². The number of fused-ring (bicyclic) bond motifs is 1. The highest BCUT2D eigenvalue weighted by molar-refractivity contribution is 7.09. The first-order chi connectivity index (χ1) is 11.1. The molecule has 4 rings (SSSR count). The van der Waals surface area contributed by atoms with Gasteiger partial charge in [0, 0.05) is 11.4 Å². The van der Waals surface area contributed by atoms with E-state index in [9.17, 15) is 9.59 Å². The van der Waals surface area contributed by atoms with Crippen LogP contribution in [0.3, 0.4) is 0 Å². The Bertz CT molecular complexity index is 657. The van der Waals surface area contributed by atoms with Crippen LogP contribution in [0, 0.1) is 11.8 Å². The number of ether oxygens (including phenoxy) is 1. The van der Waals surface area contributed by atoms with E-state index in [4.69, 9.17) is 4.74 Å². The van der Waals surface area contributed by atoms with Crippen LogP contribution >= 0.6 is 11.3 Å². The van der Waals surface area contributed by atoms with Crippen LogP contribution in [0.2, 0.25) is 0 Å². The molecule has 23 heavy (non-hydrogen) atoms. The zero-order valence-electron chi connectivity index (χ0n) is 13.0. The van der Waals surface area contributed by atoms with Gasteiger partial charge < -0.3 is 15.0 Å². The molecule has 0 saturated carbocycles. The fourth-order valence-electron chi connectivity index (χ4n) is 3.97. The number of likely N-dealkylation sites (tertiary alicyclic amines) is 1. The number of hydrogen-bond donors (Lipinski definition) is 1. The van der Waals surface area contributed by atoms with Gasteiger partial charge in [0.25, 0.3) is 0 Å². The third-order valence-corrected chi connectivity index (χ3v) is 5.82. The molecule has 0 aromatic carbocycles. The highest BCUT2D eigenvalue weighted by atomic mass is 32.1. The largest absolute Gasteiger partial charge is 0.360 e. The maximum atomic E-state index is 12.9. The number of amides is 2. The van der Waals surface area contributed by atoms with Crippen molar-refractivity contribution in [2.24, 2.45) is 11.8 Å². The maximum absolute atomic E-state index is 12.9. The summed E-state index contributed by atoms with van der Waals surface area (Å²) in [5.41, 5.74) is -0.604. The van der Waals surface area contributed by atoms with Crippen molar-refractivity contribution < 1.29 is 14.3 Å². The van der Waals surface area contributed by atoms with Crippen LogP contribution in [0.1, 0.15) is 18.2 Å². The van der Waals surface area contributed by atoms with Gasteiger partial charge in [0.1, 0.15) is 5.60 Å². The Morgan fingerprint density at radius 3 is 3.17 bits per heavy atom. The second kappa shape index (κ2) is 5.46. The summed E-state index contributed by atoms with van der Waals surface area (Å²) in [5, 5.41) is 4.94. The first-order valence-corrected chi connectivity index (χ1v) is 8.98. The molecule has 4 atom stereocenters. The van der Waals surface area contributed by atoms with Crippen molar-refractivity contribution in [3.05, 3.63) is 34.5 Å². The lowest BCUT2D eigenvalue weighted by molar-refractivity contribution is -0.137. The van der Waals surface area contributed by atoms with Gasteiger partial charge in [-0.05, 0) is 17.9 Å². The number of rotatable bonds is 5. The standard InChI is InChI=1S/C17H20N2O3S/c1-2-7-18-15(20)13-12-5-6-17(22-12)10-19(16(21)14(13)17)9-11-4-3-8-23-11/h3-6,8,12-14H,2,7,9-10H2,1H3,(H,18,20)/t12-,13?,14-,17?/m0/s1. The van der Waals surface area contributed by atoms with Crippen LogP contribution < -0.4 is 5.32 Å². The molecule has 2 amide bonds. The number of nitrogens with one attached hydrogen (secondary N) is 1.